The number of hydrogen-bond acceptors (Lipinski definition) is 4. The van der Waals surface area contributed by atoms with Crippen LogP contribution in [0, 0.1) is 12.8 Å². The van der Waals surface area contributed by atoms with Gasteiger partial charge in [0, 0.05) is 16.7 Å². The molecule has 0 aliphatic carbocycles. The number of rotatable bonds is 7. The van der Waals surface area contributed by atoms with Gasteiger partial charge in [-0.1, -0.05) is 79.5 Å². The SMILES string of the molecule is CC[C@H](C)[C@H](NC(=O)/C=C/c1ccccc1)c1nc(-c2ccc(C)c(Cl)c2)no1. The molecule has 1 aromatic heterocycles. The lowest BCUT2D eigenvalue weighted by Gasteiger charge is -2.19. The number of hydrogen-bond donors (Lipinski definition) is 1. The third kappa shape index (κ3) is 5.33. The van der Waals surface area contributed by atoms with Crippen LogP contribution in [0.2, 0.25) is 5.02 Å². The summed E-state index contributed by atoms with van der Waals surface area (Å²) in [5.74, 6) is 0.744. The summed E-state index contributed by atoms with van der Waals surface area (Å²) < 4.78 is 5.49. The van der Waals surface area contributed by atoms with Gasteiger partial charge in [0.05, 0.1) is 0 Å². The number of carbonyl (C=O) groups is 1. The molecule has 3 aromatic rings. The van der Waals surface area contributed by atoms with Gasteiger partial charge >= 0.3 is 0 Å². The van der Waals surface area contributed by atoms with Gasteiger partial charge in [0.2, 0.25) is 17.6 Å². The highest BCUT2D eigenvalue weighted by atomic mass is 35.5. The predicted octanol–water partition coefficient (Wildman–Crippen LogP) is 5.62. The Hall–Kier alpha value is -2.92. The van der Waals surface area contributed by atoms with E-state index < -0.39 is 0 Å². The third-order valence-corrected chi connectivity index (χ3v) is 5.28. The summed E-state index contributed by atoms with van der Waals surface area (Å²) >= 11 is 6.21. The van der Waals surface area contributed by atoms with Gasteiger partial charge in [-0.05, 0) is 36.1 Å². The van der Waals surface area contributed by atoms with Crippen molar-refractivity contribution in [2.45, 2.75) is 33.2 Å². The van der Waals surface area contributed by atoms with Crippen molar-refractivity contribution < 1.29 is 9.32 Å². The monoisotopic (exact) mass is 409 g/mol. The van der Waals surface area contributed by atoms with E-state index in [4.69, 9.17) is 16.1 Å². The fourth-order valence-electron chi connectivity index (χ4n) is 2.83. The fraction of sp³-hybridized carbons (Fsp3) is 0.261. The van der Waals surface area contributed by atoms with Gasteiger partial charge in [0.25, 0.3) is 0 Å². The number of halogens is 1. The lowest BCUT2D eigenvalue weighted by Crippen LogP contribution is -2.31. The summed E-state index contributed by atoms with van der Waals surface area (Å²) in [6.45, 7) is 6.03. The molecule has 0 bridgehead atoms. The first-order chi connectivity index (χ1) is 14.0. The molecule has 0 aliphatic heterocycles. The van der Waals surface area contributed by atoms with Crippen LogP contribution in [-0.4, -0.2) is 16.0 Å². The maximum absolute atomic E-state index is 12.5. The van der Waals surface area contributed by atoms with Crippen molar-refractivity contribution in [3.63, 3.8) is 0 Å². The van der Waals surface area contributed by atoms with Crippen LogP contribution >= 0.6 is 11.6 Å². The van der Waals surface area contributed by atoms with Gasteiger partial charge in [0.15, 0.2) is 0 Å². The van der Waals surface area contributed by atoms with E-state index in [2.05, 4.69) is 22.4 Å². The van der Waals surface area contributed by atoms with Gasteiger partial charge in [0.1, 0.15) is 6.04 Å². The first-order valence-corrected chi connectivity index (χ1v) is 9.99. The predicted molar refractivity (Wildman–Crippen MR) is 115 cm³/mol. The molecule has 3 rings (SSSR count). The van der Waals surface area contributed by atoms with E-state index in [1.54, 1.807) is 6.08 Å². The average molecular weight is 410 g/mol. The molecular formula is C23H24ClN3O2. The van der Waals surface area contributed by atoms with Crippen LogP contribution < -0.4 is 5.32 Å². The molecule has 0 spiro atoms. The molecule has 0 saturated heterocycles. The van der Waals surface area contributed by atoms with Crippen LogP contribution in [0.15, 0.2) is 59.1 Å². The third-order valence-electron chi connectivity index (χ3n) is 4.88. The van der Waals surface area contributed by atoms with Crippen LogP contribution in [0.5, 0.6) is 0 Å². The Balaban J connectivity index is 1.78. The molecular weight excluding hydrogens is 386 g/mol. The highest BCUT2D eigenvalue weighted by molar-refractivity contribution is 6.31. The second-order valence-electron chi connectivity index (χ2n) is 7.04. The quantitative estimate of drug-likeness (QED) is 0.514. The van der Waals surface area contributed by atoms with Crippen molar-refractivity contribution in [1.29, 1.82) is 0 Å². The van der Waals surface area contributed by atoms with Crippen LogP contribution in [0.3, 0.4) is 0 Å². The van der Waals surface area contributed by atoms with Crippen molar-refractivity contribution in [3.05, 3.63) is 76.6 Å². The summed E-state index contributed by atoms with van der Waals surface area (Å²) in [6.07, 6.45) is 4.14. The van der Waals surface area contributed by atoms with E-state index in [1.807, 2.05) is 62.4 Å². The molecule has 6 heteroatoms. The molecule has 1 amide bonds. The molecule has 0 radical (unpaired) electrons. The minimum atomic E-state index is -0.380. The number of amides is 1. The Morgan fingerprint density at radius 2 is 2.00 bits per heavy atom. The average Bonchev–Trinajstić information content (AvgIpc) is 3.22. The zero-order valence-corrected chi connectivity index (χ0v) is 17.5. The lowest BCUT2D eigenvalue weighted by molar-refractivity contribution is -0.117. The van der Waals surface area contributed by atoms with E-state index in [0.29, 0.717) is 16.7 Å². The maximum Gasteiger partial charge on any atom is 0.249 e. The molecule has 2 aromatic carbocycles. The van der Waals surface area contributed by atoms with Crippen molar-refractivity contribution in [2.75, 3.05) is 0 Å². The molecule has 1 heterocycles. The van der Waals surface area contributed by atoms with Gasteiger partial charge in [-0.25, -0.2) is 0 Å². The molecule has 5 nitrogen and oxygen atoms in total. The van der Waals surface area contributed by atoms with Crippen LogP contribution in [0.25, 0.3) is 17.5 Å². The molecule has 0 aliphatic rings. The molecule has 0 fully saturated rings. The second-order valence-corrected chi connectivity index (χ2v) is 7.44. The Kier molecular flexibility index (Phi) is 6.83. The van der Waals surface area contributed by atoms with Crippen molar-refractivity contribution in [2.24, 2.45) is 5.92 Å². The molecule has 150 valence electrons. The number of nitrogens with one attached hydrogen (secondary N) is 1. The van der Waals surface area contributed by atoms with E-state index in [-0.39, 0.29) is 17.9 Å². The normalized spacial score (nSPS) is 13.4. The van der Waals surface area contributed by atoms with E-state index in [0.717, 1.165) is 23.1 Å². The van der Waals surface area contributed by atoms with Crippen LogP contribution in [0.4, 0.5) is 0 Å². The van der Waals surface area contributed by atoms with Gasteiger partial charge < -0.3 is 9.84 Å². The zero-order chi connectivity index (χ0) is 20.8. The standard InChI is InChI=1S/C23H24ClN3O2/c1-4-15(2)21(25-20(28)13-11-17-8-6-5-7-9-17)23-26-22(27-29-23)18-12-10-16(3)19(24)14-18/h5-15,21H,4H2,1-3H3,(H,25,28)/b13-11+/t15-,21-/m0/s1. The summed E-state index contributed by atoms with van der Waals surface area (Å²) in [5.41, 5.74) is 2.71. The Bertz CT molecular complexity index is 998. The summed E-state index contributed by atoms with van der Waals surface area (Å²) in [6, 6.07) is 14.9. The number of benzene rings is 2. The first kappa shape index (κ1) is 20.8. The first-order valence-electron chi connectivity index (χ1n) is 9.61. The minimum Gasteiger partial charge on any atom is -0.340 e. The largest absolute Gasteiger partial charge is 0.340 e. The fourth-order valence-corrected chi connectivity index (χ4v) is 3.01. The van der Waals surface area contributed by atoms with Crippen molar-refractivity contribution >= 4 is 23.6 Å². The Labute approximate surface area is 175 Å². The molecule has 0 saturated carbocycles. The van der Waals surface area contributed by atoms with Crippen LogP contribution in [-0.2, 0) is 4.79 Å². The highest BCUT2D eigenvalue weighted by Crippen LogP contribution is 2.27. The van der Waals surface area contributed by atoms with Crippen molar-refractivity contribution in [1.82, 2.24) is 15.5 Å². The number of aryl methyl sites for hydroxylation is 1. The Morgan fingerprint density at radius 1 is 1.24 bits per heavy atom. The zero-order valence-electron chi connectivity index (χ0n) is 16.7. The topological polar surface area (TPSA) is 68.0 Å². The smallest absolute Gasteiger partial charge is 0.249 e. The van der Waals surface area contributed by atoms with E-state index in [9.17, 15) is 4.79 Å². The summed E-state index contributed by atoms with van der Waals surface area (Å²) in [5, 5.41) is 7.72. The van der Waals surface area contributed by atoms with Gasteiger partial charge in [-0.2, -0.15) is 4.98 Å². The summed E-state index contributed by atoms with van der Waals surface area (Å²) in [7, 11) is 0. The molecule has 1 N–H and O–H groups in total. The van der Waals surface area contributed by atoms with E-state index in [1.165, 1.54) is 6.08 Å². The Morgan fingerprint density at radius 3 is 2.69 bits per heavy atom. The van der Waals surface area contributed by atoms with Crippen molar-refractivity contribution in [3.8, 4) is 11.4 Å². The van der Waals surface area contributed by atoms with Gasteiger partial charge in [-0.15, -0.1) is 0 Å². The second kappa shape index (κ2) is 9.52. The lowest BCUT2D eigenvalue weighted by atomic mass is 9.99. The molecule has 2 atom stereocenters. The van der Waals surface area contributed by atoms with E-state index >= 15 is 0 Å². The molecule has 29 heavy (non-hydrogen) atoms. The minimum absolute atomic E-state index is 0.124. The van der Waals surface area contributed by atoms with Crippen LogP contribution in [0.1, 0.15) is 43.3 Å². The highest BCUT2D eigenvalue weighted by Gasteiger charge is 2.26. The number of carbonyl (C=O) groups excluding carboxylic acids is 1. The number of aromatic nitrogens is 2. The number of nitrogens with zero attached hydrogens (tertiary/aromatic N) is 2. The summed E-state index contributed by atoms with van der Waals surface area (Å²) in [4.78, 5) is 17.0. The van der Waals surface area contributed by atoms with Gasteiger partial charge in [-0.3, -0.25) is 4.79 Å². The maximum atomic E-state index is 12.5. The molecule has 0 unspecified atom stereocenters.